The molecular formula is C16H26N2O2. The highest BCUT2D eigenvalue weighted by Gasteiger charge is 2.07. The van der Waals surface area contributed by atoms with Crippen LogP contribution in [0.25, 0.3) is 0 Å². The van der Waals surface area contributed by atoms with Gasteiger partial charge in [-0.05, 0) is 32.4 Å². The topological polar surface area (TPSA) is 50.4 Å². The normalized spacial score (nSPS) is 10.3. The standard InChI is InChI=1S/C16H26N2O2/c1-4-8-17-11-14-10-13(3)6-7-15(14)20-12-16(19)18-9-5-2/h6-7,10,17H,4-5,8-9,11-12H2,1-3H3,(H,18,19). The Hall–Kier alpha value is -1.55. The summed E-state index contributed by atoms with van der Waals surface area (Å²) in [5.41, 5.74) is 2.29. The molecule has 1 amide bonds. The highest BCUT2D eigenvalue weighted by atomic mass is 16.5. The van der Waals surface area contributed by atoms with E-state index < -0.39 is 0 Å². The maximum Gasteiger partial charge on any atom is 0.257 e. The van der Waals surface area contributed by atoms with Crippen molar-refractivity contribution in [3.05, 3.63) is 29.3 Å². The number of hydrogen-bond acceptors (Lipinski definition) is 3. The Morgan fingerprint density at radius 2 is 1.95 bits per heavy atom. The third-order valence-corrected chi connectivity index (χ3v) is 2.89. The lowest BCUT2D eigenvalue weighted by atomic mass is 10.1. The maximum absolute atomic E-state index is 11.6. The van der Waals surface area contributed by atoms with Crippen LogP contribution in [-0.4, -0.2) is 25.6 Å². The van der Waals surface area contributed by atoms with Crippen LogP contribution in [0.5, 0.6) is 5.75 Å². The Morgan fingerprint density at radius 3 is 2.65 bits per heavy atom. The fourth-order valence-corrected chi connectivity index (χ4v) is 1.85. The molecule has 1 rings (SSSR count). The number of aryl methyl sites for hydroxylation is 1. The van der Waals surface area contributed by atoms with Gasteiger partial charge < -0.3 is 15.4 Å². The third kappa shape index (κ3) is 6.06. The van der Waals surface area contributed by atoms with Crippen LogP contribution in [0.1, 0.15) is 37.8 Å². The van der Waals surface area contributed by atoms with E-state index in [0.717, 1.165) is 37.2 Å². The predicted molar refractivity (Wildman–Crippen MR) is 82.0 cm³/mol. The molecule has 112 valence electrons. The average Bonchev–Trinajstić information content (AvgIpc) is 2.44. The molecule has 4 heteroatoms. The van der Waals surface area contributed by atoms with Crippen LogP contribution in [0.3, 0.4) is 0 Å². The summed E-state index contributed by atoms with van der Waals surface area (Å²) in [5, 5.41) is 6.17. The molecule has 1 aromatic carbocycles. The van der Waals surface area contributed by atoms with Crippen LogP contribution in [-0.2, 0) is 11.3 Å². The van der Waals surface area contributed by atoms with E-state index in [2.05, 4.69) is 30.5 Å². The lowest BCUT2D eigenvalue weighted by Gasteiger charge is -2.13. The van der Waals surface area contributed by atoms with E-state index in [4.69, 9.17) is 4.74 Å². The summed E-state index contributed by atoms with van der Waals surface area (Å²) in [5.74, 6) is 0.714. The molecule has 0 radical (unpaired) electrons. The zero-order chi connectivity index (χ0) is 14.8. The van der Waals surface area contributed by atoms with Gasteiger partial charge in [-0.15, -0.1) is 0 Å². The Bertz CT molecular complexity index is 419. The number of ether oxygens (including phenoxy) is 1. The molecular weight excluding hydrogens is 252 g/mol. The average molecular weight is 278 g/mol. The van der Waals surface area contributed by atoms with Crippen molar-refractivity contribution in [1.29, 1.82) is 0 Å². The molecule has 0 aliphatic heterocycles. The summed E-state index contributed by atoms with van der Waals surface area (Å²) in [6.07, 6.45) is 2.03. The summed E-state index contributed by atoms with van der Waals surface area (Å²) in [7, 11) is 0. The van der Waals surface area contributed by atoms with Crippen LogP contribution < -0.4 is 15.4 Å². The van der Waals surface area contributed by atoms with Gasteiger partial charge >= 0.3 is 0 Å². The van der Waals surface area contributed by atoms with E-state index >= 15 is 0 Å². The second-order valence-corrected chi connectivity index (χ2v) is 4.93. The quantitative estimate of drug-likeness (QED) is 0.682. The molecule has 0 aliphatic carbocycles. The van der Waals surface area contributed by atoms with Gasteiger partial charge in [0.15, 0.2) is 6.61 Å². The maximum atomic E-state index is 11.6. The molecule has 0 atom stereocenters. The van der Waals surface area contributed by atoms with E-state index in [1.54, 1.807) is 0 Å². The van der Waals surface area contributed by atoms with Gasteiger partial charge in [-0.25, -0.2) is 0 Å². The minimum absolute atomic E-state index is 0.0695. The highest BCUT2D eigenvalue weighted by molar-refractivity contribution is 5.77. The Morgan fingerprint density at radius 1 is 1.20 bits per heavy atom. The smallest absolute Gasteiger partial charge is 0.257 e. The van der Waals surface area contributed by atoms with Gasteiger partial charge in [0.05, 0.1) is 0 Å². The molecule has 0 unspecified atom stereocenters. The van der Waals surface area contributed by atoms with Crippen molar-refractivity contribution in [2.75, 3.05) is 19.7 Å². The Balaban J connectivity index is 2.56. The van der Waals surface area contributed by atoms with E-state index in [9.17, 15) is 4.79 Å². The molecule has 0 bridgehead atoms. The zero-order valence-corrected chi connectivity index (χ0v) is 12.8. The van der Waals surface area contributed by atoms with Crippen molar-refractivity contribution in [3.63, 3.8) is 0 Å². The molecule has 0 saturated carbocycles. The molecule has 2 N–H and O–H groups in total. The molecule has 0 fully saturated rings. The highest BCUT2D eigenvalue weighted by Crippen LogP contribution is 2.19. The second kappa shape index (κ2) is 9.37. The number of carbonyl (C=O) groups is 1. The van der Waals surface area contributed by atoms with Crippen LogP contribution >= 0.6 is 0 Å². The van der Waals surface area contributed by atoms with Gasteiger partial charge in [0.1, 0.15) is 5.75 Å². The van der Waals surface area contributed by atoms with E-state index in [1.807, 2.05) is 19.1 Å². The number of hydrogen-bond donors (Lipinski definition) is 2. The van der Waals surface area contributed by atoms with Gasteiger partial charge in [0.25, 0.3) is 5.91 Å². The first-order valence-corrected chi connectivity index (χ1v) is 7.37. The molecule has 0 aromatic heterocycles. The van der Waals surface area contributed by atoms with Crippen molar-refractivity contribution in [1.82, 2.24) is 10.6 Å². The minimum atomic E-state index is -0.0695. The molecule has 0 aliphatic rings. The van der Waals surface area contributed by atoms with Crippen LogP contribution in [0, 0.1) is 6.92 Å². The monoisotopic (exact) mass is 278 g/mol. The summed E-state index contributed by atoms with van der Waals surface area (Å²) < 4.78 is 5.63. The fraction of sp³-hybridized carbons (Fsp3) is 0.562. The zero-order valence-electron chi connectivity index (χ0n) is 12.8. The first kappa shape index (κ1) is 16.5. The van der Waals surface area contributed by atoms with Crippen molar-refractivity contribution in [2.45, 2.75) is 40.2 Å². The first-order chi connectivity index (χ1) is 9.67. The predicted octanol–water partition coefficient (Wildman–Crippen LogP) is 2.40. The SMILES string of the molecule is CCCNCc1cc(C)ccc1OCC(=O)NCCC. The molecule has 1 aromatic rings. The van der Waals surface area contributed by atoms with Gasteiger partial charge in [-0.3, -0.25) is 4.79 Å². The van der Waals surface area contributed by atoms with Crippen molar-refractivity contribution in [2.24, 2.45) is 0 Å². The number of carbonyl (C=O) groups excluding carboxylic acids is 1. The largest absolute Gasteiger partial charge is 0.483 e. The summed E-state index contributed by atoms with van der Waals surface area (Å²) in [6, 6.07) is 6.04. The van der Waals surface area contributed by atoms with E-state index in [-0.39, 0.29) is 12.5 Å². The Kier molecular flexibility index (Phi) is 7.73. The Labute approximate surface area is 121 Å². The summed E-state index contributed by atoms with van der Waals surface area (Å²) >= 11 is 0. The van der Waals surface area contributed by atoms with Gasteiger partial charge in [-0.1, -0.05) is 31.5 Å². The second-order valence-electron chi connectivity index (χ2n) is 4.93. The third-order valence-electron chi connectivity index (χ3n) is 2.89. The molecule has 0 spiro atoms. The van der Waals surface area contributed by atoms with E-state index in [1.165, 1.54) is 5.56 Å². The van der Waals surface area contributed by atoms with Crippen LogP contribution in [0.2, 0.25) is 0 Å². The number of rotatable bonds is 9. The number of nitrogens with one attached hydrogen (secondary N) is 2. The van der Waals surface area contributed by atoms with Crippen molar-refractivity contribution >= 4 is 5.91 Å². The molecule has 0 heterocycles. The van der Waals surface area contributed by atoms with Crippen molar-refractivity contribution in [3.8, 4) is 5.75 Å². The van der Waals surface area contributed by atoms with Crippen LogP contribution in [0.4, 0.5) is 0 Å². The number of amides is 1. The van der Waals surface area contributed by atoms with Crippen LogP contribution in [0.15, 0.2) is 18.2 Å². The molecule has 20 heavy (non-hydrogen) atoms. The minimum Gasteiger partial charge on any atom is -0.483 e. The van der Waals surface area contributed by atoms with Gasteiger partial charge in [0, 0.05) is 18.7 Å². The molecule has 4 nitrogen and oxygen atoms in total. The number of benzene rings is 1. The van der Waals surface area contributed by atoms with E-state index in [0.29, 0.717) is 6.54 Å². The fourth-order valence-electron chi connectivity index (χ4n) is 1.85. The lowest BCUT2D eigenvalue weighted by Crippen LogP contribution is -2.29. The first-order valence-electron chi connectivity index (χ1n) is 7.37. The summed E-state index contributed by atoms with van der Waals surface area (Å²) in [4.78, 5) is 11.6. The summed E-state index contributed by atoms with van der Waals surface area (Å²) in [6.45, 7) is 8.73. The molecule has 0 saturated heterocycles. The van der Waals surface area contributed by atoms with Crippen molar-refractivity contribution < 1.29 is 9.53 Å². The van der Waals surface area contributed by atoms with Gasteiger partial charge in [-0.2, -0.15) is 0 Å². The lowest BCUT2D eigenvalue weighted by molar-refractivity contribution is -0.123. The van der Waals surface area contributed by atoms with Gasteiger partial charge in [0.2, 0.25) is 0 Å².